The smallest absolute Gasteiger partial charge is 0.264 e. The number of carbonyl (C=O) groups is 1. The van der Waals surface area contributed by atoms with E-state index in [0.29, 0.717) is 11.4 Å². The van der Waals surface area contributed by atoms with Crippen LogP contribution in [0.15, 0.2) is 41.2 Å². The predicted molar refractivity (Wildman–Crippen MR) is 70.6 cm³/mol. The number of rotatable bonds is 3. The molecule has 6 heteroatoms. The van der Waals surface area contributed by atoms with Gasteiger partial charge in [0.05, 0.1) is 5.69 Å². The van der Waals surface area contributed by atoms with Crippen molar-refractivity contribution in [3.63, 3.8) is 0 Å². The molecule has 0 spiro atoms. The van der Waals surface area contributed by atoms with Crippen molar-refractivity contribution in [3.05, 3.63) is 46.8 Å². The summed E-state index contributed by atoms with van der Waals surface area (Å²) in [6.07, 6.45) is -1.06. The van der Waals surface area contributed by atoms with Gasteiger partial charge >= 0.3 is 0 Å². The molecule has 0 saturated heterocycles. The summed E-state index contributed by atoms with van der Waals surface area (Å²) in [6.45, 7) is 1.40. The predicted octanol–water partition coefficient (Wildman–Crippen LogP) is 0.756. The fourth-order valence-electron chi connectivity index (χ4n) is 1.48. The largest absolute Gasteiger partial charge is 0.384 e. The van der Waals surface area contributed by atoms with E-state index in [1.54, 1.807) is 30.3 Å². The highest BCUT2D eigenvalue weighted by Gasteiger charge is 2.08. The first kappa shape index (κ1) is 13.0. The monoisotopic (exact) mass is 259 g/mol. The van der Waals surface area contributed by atoms with E-state index in [4.69, 9.17) is 5.11 Å². The number of aliphatic hydroxyl groups excluding tert-OH is 1. The summed E-state index contributed by atoms with van der Waals surface area (Å²) < 4.78 is 0. The van der Waals surface area contributed by atoms with Crippen LogP contribution in [0, 0.1) is 0 Å². The molecule has 0 aliphatic carbocycles. The minimum Gasteiger partial charge on any atom is -0.384 e. The summed E-state index contributed by atoms with van der Waals surface area (Å²) in [5, 5.41) is 17.9. The molecule has 1 aromatic carbocycles. The molecule has 98 valence electrons. The molecule has 1 heterocycles. The number of benzene rings is 1. The topological polar surface area (TPSA) is 95.1 Å². The lowest BCUT2D eigenvalue weighted by Crippen LogP contribution is -2.24. The zero-order valence-corrected chi connectivity index (χ0v) is 10.3. The molecule has 2 rings (SSSR count). The first-order chi connectivity index (χ1) is 9.06. The SMILES string of the molecule is CC(O)C(=O)Nc1ccc(-c2ccc(=O)[nH]n2)cc1. The molecule has 0 radical (unpaired) electrons. The third-order valence-electron chi connectivity index (χ3n) is 2.51. The second-order valence-corrected chi connectivity index (χ2v) is 4.05. The van der Waals surface area contributed by atoms with Gasteiger partial charge in [-0.15, -0.1) is 0 Å². The molecule has 19 heavy (non-hydrogen) atoms. The molecule has 3 N–H and O–H groups in total. The number of hydrogen-bond acceptors (Lipinski definition) is 4. The van der Waals surface area contributed by atoms with Gasteiger partial charge in [-0.1, -0.05) is 12.1 Å². The molecule has 1 amide bonds. The van der Waals surface area contributed by atoms with Crippen molar-refractivity contribution in [2.24, 2.45) is 0 Å². The Kier molecular flexibility index (Phi) is 3.72. The normalized spacial score (nSPS) is 11.9. The van der Waals surface area contributed by atoms with Gasteiger partial charge in [0, 0.05) is 17.3 Å². The number of aromatic amines is 1. The number of nitrogens with one attached hydrogen (secondary N) is 2. The van der Waals surface area contributed by atoms with Gasteiger partial charge in [0.2, 0.25) is 0 Å². The van der Waals surface area contributed by atoms with Crippen LogP contribution in [0.3, 0.4) is 0 Å². The standard InChI is InChI=1S/C13H13N3O3/c1-8(17)13(19)14-10-4-2-9(3-5-10)11-6-7-12(18)16-15-11/h2-8,17H,1H3,(H,14,19)(H,16,18). The Hall–Kier alpha value is -2.47. The third kappa shape index (κ3) is 3.26. The summed E-state index contributed by atoms with van der Waals surface area (Å²) in [7, 11) is 0. The summed E-state index contributed by atoms with van der Waals surface area (Å²) in [4.78, 5) is 22.2. The molecule has 1 aromatic heterocycles. The second-order valence-electron chi connectivity index (χ2n) is 4.05. The van der Waals surface area contributed by atoms with Gasteiger partial charge in [0.15, 0.2) is 0 Å². The van der Waals surface area contributed by atoms with Gasteiger partial charge in [-0.2, -0.15) is 5.10 Å². The van der Waals surface area contributed by atoms with Gasteiger partial charge in [-0.25, -0.2) is 5.10 Å². The van der Waals surface area contributed by atoms with Crippen molar-refractivity contribution in [2.45, 2.75) is 13.0 Å². The molecule has 0 bridgehead atoms. The van der Waals surface area contributed by atoms with Gasteiger partial charge in [0.1, 0.15) is 6.10 Å². The Morgan fingerprint density at radius 3 is 2.47 bits per heavy atom. The Morgan fingerprint density at radius 2 is 1.95 bits per heavy atom. The molecule has 0 aliphatic heterocycles. The number of nitrogens with zero attached hydrogens (tertiary/aromatic N) is 1. The van der Waals surface area contributed by atoms with Crippen LogP contribution in [-0.4, -0.2) is 27.3 Å². The molecular formula is C13H13N3O3. The lowest BCUT2D eigenvalue weighted by molar-refractivity contribution is -0.123. The summed E-state index contributed by atoms with van der Waals surface area (Å²) in [5.41, 5.74) is 1.77. The molecule has 0 saturated carbocycles. The molecule has 0 fully saturated rings. The van der Waals surface area contributed by atoms with Crippen LogP contribution < -0.4 is 10.9 Å². The van der Waals surface area contributed by atoms with Crippen molar-refractivity contribution in [1.82, 2.24) is 10.2 Å². The van der Waals surface area contributed by atoms with Crippen molar-refractivity contribution in [1.29, 1.82) is 0 Å². The van der Waals surface area contributed by atoms with E-state index in [9.17, 15) is 9.59 Å². The number of H-pyrrole nitrogens is 1. The lowest BCUT2D eigenvalue weighted by Gasteiger charge is -2.07. The van der Waals surface area contributed by atoms with Crippen LogP contribution >= 0.6 is 0 Å². The maximum atomic E-state index is 11.3. The van der Waals surface area contributed by atoms with E-state index >= 15 is 0 Å². The van der Waals surface area contributed by atoms with E-state index in [1.807, 2.05) is 0 Å². The number of carbonyl (C=O) groups excluding carboxylic acids is 1. The third-order valence-corrected chi connectivity index (χ3v) is 2.51. The summed E-state index contributed by atoms with van der Waals surface area (Å²) in [6, 6.07) is 9.93. The van der Waals surface area contributed by atoms with Gasteiger partial charge in [-0.3, -0.25) is 9.59 Å². The summed E-state index contributed by atoms with van der Waals surface area (Å²) in [5.74, 6) is -0.463. The second kappa shape index (κ2) is 5.45. The quantitative estimate of drug-likeness (QED) is 0.758. The summed E-state index contributed by atoms with van der Waals surface area (Å²) >= 11 is 0. The molecule has 1 unspecified atom stereocenters. The number of aliphatic hydroxyl groups is 1. The average Bonchev–Trinajstić information content (AvgIpc) is 2.40. The first-order valence-electron chi connectivity index (χ1n) is 5.71. The van der Waals surface area contributed by atoms with Crippen LogP contribution in [0.5, 0.6) is 0 Å². The van der Waals surface area contributed by atoms with E-state index in [2.05, 4.69) is 15.5 Å². The number of amides is 1. The molecular weight excluding hydrogens is 246 g/mol. The highest BCUT2D eigenvalue weighted by Crippen LogP contribution is 2.18. The molecule has 1 atom stereocenters. The Morgan fingerprint density at radius 1 is 1.26 bits per heavy atom. The Balaban J connectivity index is 2.16. The van der Waals surface area contributed by atoms with Crippen molar-refractivity contribution < 1.29 is 9.90 Å². The Bertz CT molecular complexity index is 612. The number of anilines is 1. The van der Waals surface area contributed by atoms with Crippen LogP contribution in [0.2, 0.25) is 0 Å². The average molecular weight is 259 g/mol. The minimum atomic E-state index is -1.06. The van der Waals surface area contributed by atoms with Crippen molar-refractivity contribution in [3.8, 4) is 11.3 Å². The molecule has 0 aliphatic rings. The van der Waals surface area contributed by atoms with Crippen molar-refractivity contribution >= 4 is 11.6 Å². The van der Waals surface area contributed by atoms with Crippen LogP contribution in [-0.2, 0) is 4.79 Å². The number of aromatic nitrogens is 2. The highest BCUT2D eigenvalue weighted by molar-refractivity contribution is 5.93. The Labute approximate surface area is 109 Å². The van der Waals surface area contributed by atoms with Crippen molar-refractivity contribution in [2.75, 3.05) is 5.32 Å². The van der Waals surface area contributed by atoms with Crippen LogP contribution in [0.25, 0.3) is 11.3 Å². The highest BCUT2D eigenvalue weighted by atomic mass is 16.3. The number of hydrogen-bond donors (Lipinski definition) is 3. The van der Waals surface area contributed by atoms with E-state index in [-0.39, 0.29) is 5.56 Å². The zero-order valence-electron chi connectivity index (χ0n) is 10.3. The maximum absolute atomic E-state index is 11.3. The minimum absolute atomic E-state index is 0.260. The molecule has 6 nitrogen and oxygen atoms in total. The van der Waals surface area contributed by atoms with Crippen LogP contribution in [0.1, 0.15) is 6.92 Å². The van der Waals surface area contributed by atoms with E-state index < -0.39 is 12.0 Å². The molecule has 2 aromatic rings. The fourth-order valence-corrected chi connectivity index (χ4v) is 1.48. The van der Waals surface area contributed by atoms with Gasteiger partial charge < -0.3 is 10.4 Å². The maximum Gasteiger partial charge on any atom is 0.264 e. The lowest BCUT2D eigenvalue weighted by atomic mass is 10.1. The first-order valence-corrected chi connectivity index (χ1v) is 5.71. The van der Waals surface area contributed by atoms with Gasteiger partial charge in [-0.05, 0) is 25.1 Å². The van der Waals surface area contributed by atoms with Gasteiger partial charge in [0.25, 0.3) is 11.5 Å². The zero-order chi connectivity index (χ0) is 13.8. The fraction of sp³-hybridized carbons (Fsp3) is 0.154. The van der Waals surface area contributed by atoms with E-state index in [0.717, 1.165) is 5.56 Å². The van der Waals surface area contributed by atoms with Crippen LogP contribution in [0.4, 0.5) is 5.69 Å². The van der Waals surface area contributed by atoms with E-state index in [1.165, 1.54) is 13.0 Å².